The average Bonchev–Trinajstić information content (AvgIpc) is 3.15. The number of ether oxygens (including phenoxy) is 1. The summed E-state index contributed by atoms with van der Waals surface area (Å²) in [4.78, 5) is 4.78. The van der Waals surface area contributed by atoms with Crippen molar-refractivity contribution < 1.29 is 14.3 Å². The number of hydrogen-bond acceptors (Lipinski definition) is 5. The lowest BCUT2D eigenvalue weighted by molar-refractivity contribution is -0.0380. The van der Waals surface area contributed by atoms with Crippen LogP contribution in [0.25, 0.3) is 0 Å². The van der Waals surface area contributed by atoms with Crippen LogP contribution in [0.15, 0.2) is 16.5 Å². The van der Waals surface area contributed by atoms with Crippen LogP contribution >= 0.6 is 0 Å². The molecule has 0 unspecified atom stereocenters. The Morgan fingerprint density at radius 2 is 2.10 bits per heavy atom. The standard InChI is InChI=1S/C16H26N2O3/c1-17-6-7-20-16(9-17)11-18(8-13-2-3-13)10-14-4-5-15(12-19)21-14/h4-5,13,16,19H,2-3,6-12H2,1H3/t16-/m0/s1. The van der Waals surface area contributed by atoms with E-state index in [2.05, 4.69) is 16.8 Å². The Morgan fingerprint density at radius 1 is 1.29 bits per heavy atom. The predicted octanol–water partition coefficient (Wildman–Crippen LogP) is 1.31. The number of furan rings is 1. The normalized spacial score (nSPS) is 23.9. The average molecular weight is 294 g/mol. The molecule has 1 aliphatic carbocycles. The van der Waals surface area contributed by atoms with Crippen molar-refractivity contribution in [1.29, 1.82) is 0 Å². The Kier molecular flexibility index (Phi) is 4.95. The Balaban J connectivity index is 1.57. The summed E-state index contributed by atoms with van der Waals surface area (Å²) in [5, 5.41) is 9.10. The summed E-state index contributed by atoms with van der Waals surface area (Å²) in [5.41, 5.74) is 0. The van der Waals surface area contributed by atoms with E-state index in [1.807, 2.05) is 12.1 Å². The molecule has 0 amide bonds. The second kappa shape index (κ2) is 6.92. The van der Waals surface area contributed by atoms with Crippen molar-refractivity contribution in [3.63, 3.8) is 0 Å². The van der Waals surface area contributed by atoms with Gasteiger partial charge in [-0.25, -0.2) is 0 Å². The topological polar surface area (TPSA) is 49.1 Å². The van der Waals surface area contributed by atoms with Crippen LogP contribution in [0.3, 0.4) is 0 Å². The van der Waals surface area contributed by atoms with Gasteiger partial charge in [0, 0.05) is 26.2 Å². The molecule has 1 saturated carbocycles. The van der Waals surface area contributed by atoms with Crippen LogP contribution in [0.2, 0.25) is 0 Å². The first-order valence-corrected chi connectivity index (χ1v) is 7.94. The van der Waals surface area contributed by atoms with Gasteiger partial charge in [0.1, 0.15) is 18.1 Å². The monoisotopic (exact) mass is 294 g/mol. The fourth-order valence-corrected chi connectivity index (χ4v) is 2.95. The van der Waals surface area contributed by atoms with Crippen LogP contribution < -0.4 is 0 Å². The minimum Gasteiger partial charge on any atom is -0.462 e. The summed E-state index contributed by atoms with van der Waals surface area (Å²) in [7, 11) is 2.15. The van der Waals surface area contributed by atoms with E-state index in [0.29, 0.717) is 5.76 Å². The van der Waals surface area contributed by atoms with E-state index in [1.54, 1.807) is 0 Å². The van der Waals surface area contributed by atoms with E-state index in [-0.39, 0.29) is 12.7 Å². The summed E-state index contributed by atoms with van der Waals surface area (Å²) in [6, 6.07) is 3.83. The second-order valence-electron chi connectivity index (χ2n) is 6.42. The predicted molar refractivity (Wildman–Crippen MR) is 79.9 cm³/mol. The van der Waals surface area contributed by atoms with E-state index in [4.69, 9.17) is 14.3 Å². The number of hydrogen-bond donors (Lipinski definition) is 1. The molecule has 0 spiro atoms. The molecule has 5 heteroatoms. The minimum atomic E-state index is -0.0286. The lowest BCUT2D eigenvalue weighted by Crippen LogP contribution is -2.46. The molecule has 21 heavy (non-hydrogen) atoms. The van der Waals surface area contributed by atoms with Gasteiger partial charge in [0.15, 0.2) is 0 Å². The summed E-state index contributed by atoms with van der Waals surface area (Å²) >= 11 is 0. The van der Waals surface area contributed by atoms with E-state index in [1.165, 1.54) is 12.8 Å². The lowest BCUT2D eigenvalue weighted by atomic mass is 10.2. The van der Waals surface area contributed by atoms with E-state index in [0.717, 1.165) is 51.0 Å². The molecular weight excluding hydrogens is 268 g/mol. The molecule has 1 saturated heterocycles. The zero-order valence-corrected chi connectivity index (χ0v) is 12.8. The lowest BCUT2D eigenvalue weighted by Gasteiger charge is -2.33. The highest BCUT2D eigenvalue weighted by Crippen LogP contribution is 2.30. The quantitative estimate of drug-likeness (QED) is 0.822. The van der Waals surface area contributed by atoms with Gasteiger partial charge in [-0.1, -0.05) is 0 Å². The van der Waals surface area contributed by atoms with Gasteiger partial charge in [0.05, 0.1) is 19.3 Å². The fourth-order valence-electron chi connectivity index (χ4n) is 2.95. The van der Waals surface area contributed by atoms with Crippen molar-refractivity contribution in [2.45, 2.75) is 32.1 Å². The van der Waals surface area contributed by atoms with Gasteiger partial charge in [-0.3, -0.25) is 4.90 Å². The first kappa shape index (κ1) is 15.0. The van der Waals surface area contributed by atoms with Crippen molar-refractivity contribution >= 4 is 0 Å². The summed E-state index contributed by atoms with van der Waals surface area (Å²) in [5.74, 6) is 2.42. The van der Waals surface area contributed by atoms with Crippen LogP contribution in [-0.2, 0) is 17.9 Å². The van der Waals surface area contributed by atoms with Crippen molar-refractivity contribution in [2.75, 3.05) is 39.8 Å². The second-order valence-corrected chi connectivity index (χ2v) is 6.42. The Bertz CT molecular complexity index is 444. The van der Waals surface area contributed by atoms with Gasteiger partial charge in [-0.2, -0.15) is 0 Å². The van der Waals surface area contributed by atoms with Crippen molar-refractivity contribution in [2.24, 2.45) is 5.92 Å². The molecule has 0 bridgehead atoms. The van der Waals surface area contributed by atoms with Gasteiger partial charge in [-0.05, 0) is 37.9 Å². The minimum absolute atomic E-state index is 0.0286. The van der Waals surface area contributed by atoms with Crippen LogP contribution in [0.4, 0.5) is 0 Å². The van der Waals surface area contributed by atoms with Gasteiger partial charge in [0.25, 0.3) is 0 Å². The third-order valence-corrected chi connectivity index (χ3v) is 4.27. The molecule has 2 heterocycles. The van der Waals surface area contributed by atoms with E-state index >= 15 is 0 Å². The highest BCUT2D eigenvalue weighted by atomic mass is 16.5. The molecule has 2 fully saturated rings. The molecule has 3 rings (SSSR count). The van der Waals surface area contributed by atoms with Crippen LogP contribution in [0, 0.1) is 5.92 Å². The van der Waals surface area contributed by atoms with Crippen LogP contribution in [0.5, 0.6) is 0 Å². The number of aliphatic hydroxyl groups excluding tert-OH is 1. The molecule has 118 valence electrons. The maximum absolute atomic E-state index is 9.10. The van der Waals surface area contributed by atoms with Gasteiger partial charge in [0.2, 0.25) is 0 Å². The fraction of sp³-hybridized carbons (Fsp3) is 0.750. The molecule has 1 atom stereocenters. The number of rotatable bonds is 7. The molecule has 5 nitrogen and oxygen atoms in total. The molecule has 1 aromatic heterocycles. The molecule has 2 aliphatic rings. The zero-order chi connectivity index (χ0) is 14.7. The molecule has 1 N–H and O–H groups in total. The number of likely N-dealkylation sites (N-methyl/N-ethyl adjacent to an activating group) is 1. The Hall–Kier alpha value is -0.880. The Labute approximate surface area is 126 Å². The molecule has 1 aliphatic heterocycles. The van der Waals surface area contributed by atoms with Gasteiger partial charge < -0.3 is 19.2 Å². The maximum atomic E-state index is 9.10. The smallest absolute Gasteiger partial charge is 0.129 e. The van der Waals surface area contributed by atoms with Crippen LogP contribution in [-0.4, -0.2) is 60.8 Å². The highest BCUT2D eigenvalue weighted by Gasteiger charge is 2.27. The summed E-state index contributed by atoms with van der Waals surface area (Å²) in [6.45, 7) is 5.71. The van der Waals surface area contributed by atoms with Gasteiger partial charge in [-0.15, -0.1) is 0 Å². The molecular formula is C16H26N2O3. The molecule has 1 aromatic rings. The number of morpholine rings is 1. The SMILES string of the molecule is CN1CCO[C@H](CN(Cc2ccc(CO)o2)CC2CC2)C1. The van der Waals surface area contributed by atoms with Crippen LogP contribution in [0.1, 0.15) is 24.4 Å². The summed E-state index contributed by atoms with van der Waals surface area (Å²) < 4.78 is 11.5. The third kappa shape index (κ3) is 4.54. The highest BCUT2D eigenvalue weighted by molar-refractivity contribution is 5.06. The molecule has 0 radical (unpaired) electrons. The first-order valence-electron chi connectivity index (χ1n) is 7.94. The maximum Gasteiger partial charge on any atom is 0.129 e. The van der Waals surface area contributed by atoms with Crippen molar-refractivity contribution in [1.82, 2.24) is 9.80 Å². The molecule has 0 aromatic carbocycles. The third-order valence-electron chi connectivity index (χ3n) is 4.27. The van der Waals surface area contributed by atoms with E-state index in [9.17, 15) is 0 Å². The van der Waals surface area contributed by atoms with Crippen molar-refractivity contribution in [3.8, 4) is 0 Å². The van der Waals surface area contributed by atoms with Crippen molar-refractivity contribution in [3.05, 3.63) is 23.7 Å². The zero-order valence-electron chi connectivity index (χ0n) is 12.8. The largest absolute Gasteiger partial charge is 0.462 e. The van der Waals surface area contributed by atoms with E-state index < -0.39 is 0 Å². The Morgan fingerprint density at radius 3 is 2.76 bits per heavy atom. The first-order chi connectivity index (χ1) is 10.2. The number of aliphatic hydroxyl groups is 1. The summed E-state index contributed by atoms with van der Waals surface area (Å²) in [6.07, 6.45) is 2.99. The number of nitrogens with zero attached hydrogens (tertiary/aromatic N) is 2. The van der Waals surface area contributed by atoms with Gasteiger partial charge >= 0.3 is 0 Å².